The van der Waals surface area contributed by atoms with Crippen LogP contribution in [0.1, 0.15) is 142 Å². The predicted octanol–water partition coefficient (Wildman–Crippen LogP) is 7.96. The Kier molecular flexibility index (Phi) is 16.1. The van der Waals surface area contributed by atoms with Gasteiger partial charge >= 0.3 is 0 Å². The van der Waals surface area contributed by atoms with Gasteiger partial charge in [0, 0.05) is 86.8 Å². The Morgan fingerprint density at radius 1 is 0.740 bits per heavy atom. The molecule has 2 fully saturated rings. The smallest absolute Gasteiger partial charge is 0.272 e. The molecule has 15 heteroatoms. The molecule has 8 rings (SSSR count). The normalized spacial score (nSPS) is 16.2. The number of benzene rings is 4. The van der Waals surface area contributed by atoms with Crippen LogP contribution >= 0.6 is 0 Å². The minimum Gasteiger partial charge on any atom is -0.377 e. The molecular formula is C58H65N7O8. The number of fused-ring (bicyclic) bond motifs is 1. The van der Waals surface area contributed by atoms with E-state index in [0.29, 0.717) is 53.4 Å². The Morgan fingerprint density at radius 3 is 2.10 bits per heavy atom. The van der Waals surface area contributed by atoms with Gasteiger partial charge in [-0.3, -0.25) is 48.2 Å². The van der Waals surface area contributed by atoms with Crippen molar-refractivity contribution in [1.29, 1.82) is 0 Å². The number of unbranched alkanes of at least 4 members (excludes halogenated alkanes) is 4. The maximum atomic E-state index is 13.5. The average molecular weight is 988 g/mol. The zero-order chi connectivity index (χ0) is 52.0. The number of hydrogen-bond acceptors (Lipinski definition) is 11. The quantitative estimate of drug-likeness (QED) is 0.0493. The van der Waals surface area contributed by atoms with Crippen molar-refractivity contribution in [2.75, 3.05) is 49.9 Å². The third-order valence-electron chi connectivity index (χ3n) is 14.3. The highest BCUT2D eigenvalue weighted by atomic mass is 16.2. The van der Waals surface area contributed by atoms with Crippen molar-refractivity contribution in [3.8, 4) is 11.3 Å². The van der Waals surface area contributed by atoms with Crippen LogP contribution in [0, 0.1) is 6.92 Å². The Morgan fingerprint density at radius 2 is 1.40 bits per heavy atom. The molecule has 380 valence electrons. The lowest BCUT2D eigenvalue weighted by Crippen LogP contribution is -2.48. The standard InChI is InChI=1S/C58H65N7O8/c1-37-44(14-11-16-46(37)61-53(69)39-22-24-41(25-23-39)58(2,3)4)49-36-62(5)56(72)48(60-49)33-38-18-20-40(21-19-38)54(70)64-31-29-63(30-32-64)28-10-8-6-7-9-13-43(67)35-59-47-17-12-15-45-52(47)57(73)65(55(45)71)50-27-26-42(66)34-51(50)68/h11-12,14-25,36,50,59H,6-10,13,26-35H2,1-5H3,(H,61,69). The van der Waals surface area contributed by atoms with Gasteiger partial charge < -0.3 is 20.1 Å². The average Bonchev–Trinajstić information content (AvgIpc) is 3.63. The number of piperazine rings is 1. The maximum absolute atomic E-state index is 13.5. The molecule has 1 aromatic heterocycles. The Hall–Kier alpha value is -7.39. The molecule has 5 aromatic rings. The molecule has 1 saturated heterocycles. The van der Waals surface area contributed by atoms with E-state index in [1.807, 2.05) is 78.6 Å². The van der Waals surface area contributed by atoms with Gasteiger partial charge in [0.15, 0.2) is 11.6 Å². The van der Waals surface area contributed by atoms with Crippen LogP contribution in [0.5, 0.6) is 0 Å². The first-order chi connectivity index (χ1) is 35.0. The second-order valence-electron chi connectivity index (χ2n) is 20.6. The van der Waals surface area contributed by atoms with Crippen molar-refractivity contribution in [3.63, 3.8) is 0 Å². The van der Waals surface area contributed by atoms with E-state index in [1.165, 1.54) is 4.57 Å². The number of Topliss-reactive ketones (excluding diaryl/α,β-unsaturated/α-hetero) is 3. The number of imide groups is 1. The summed E-state index contributed by atoms with van der Waals surface area (Å²) in [5.74, 6) is -1.98. The second-order valence-corrected chi connectivity index (χ2v) is 20.6. The van der Waals surface area contributed by atoms with Crippen LogP contribution < -0.4 is 16.2 Å². The number of carbonyl (C=O) groups excluding carboxylic acids is 7. The molecule has 1 unspecified atom stereocenters. The fraction of sp³-hybridized carbons (Fsp3) is 0.397. The first-order valence-corrected chi connectivity index (χ1v) is 25.5. The highest BCUT2D eigenvalue weighted by Crippen LogP contribution is 2.34. The van der Waals surface area contributed by atoms with E-state index in [2.05, 4.69) is 36.3 Å². The summed E-state index contributed by atoms with van der Waals surface area (Å²) in [6, 6.07) is 24.6. The lowest BCUT2D eigenvalue weighted by Gasteiger charge is -2.34. The minimum atomic E-state index is -0.948. The van der Waals surface area contributed by atoms with Crippen LogP contribution in [-0.2, 0) is 33.3 Å². The molecule has 2 aliphatic heterocycles. The van der Waals surface area contributed by atoms with Crippen LogP contribution in [0.2, 0.25) is 0 Å². The number of ketones is 3. The third kappa shape index (κ3) is 12.1. The van der Waals surface area contributed by atoms with Crippen LogP contribution in [-0.4, -0.2) is 111 Å². The molecule has 1 aliphatic carbocycles. The Labute approximate surface area is 426 Å². The van der Waals surface area contributed by atoms with E-state index in [4.69, 9.17) is 4.98 Å². The summed E-state index contributed by atoms with van der Waals surface area (Å²) in [6.07, 6.45) is 7.11. The number of hydrogen-bond donors (Lipinski definition) is 2. The van der Waals surface area contributed by atoms with Crippen molar-refractivity contribution >= 4 is 52.4 Å². The minimum absolute atomic E-state index is 0.00116. The molecule has 1 atom stereocenters. The van der Waals surface area contributed by atoms with E-state index in [0.717, 1.165) is 78.9 Å². The van der Waals surface area contributed by atoms with E-state index in [1.54, 1.807) is 31.4 Å². The molecule has 1 saturated carbocycles. The van der Waals surface area contributed by atoms with E-state index in [-0.39, 0.29) is 77.7 Å². The third-order valence-corrected chi connectivity index (χ3v) is 14.3. The van der Waals surface area contributed by atoms with E-state index in [9.17, 15) is 38.4 Å². The second kappa shape index (κ2) is 22.6. The summed E-state index contributed by atoms with van der Waals surface area (Å²) in [5, 5.41) is 6.10. The van der Waals surface area contributed by atoms with Gasteiger partial charge in [0.05, 0.1) is 35.8 Å². The summed E-state index contributed by atoms with van der Waals surface area (Å²) in [7, 11) is 1.71. The van der Waals surface area contributed by atoms with Gasteiger partial charge in [-0.05, 0) is 97.3 Å². The number of rotatable bonds is 18. The van der Waals surface area contributed by atoms with Gasteiger partial charge in [-0.15, -0.1) is 0 Å². The number of nitrogens with one attached hydrogen (secondary N) is 2. The van der Waals surface area contributed by atoms with Crippen molar-refractivity contribution in [3.05, 3.63) is 146 Å². The van der Waals surface area contributed by atoms with Gasteiger partial charge in [0.2, 0.25) is 0 Å². The van der Waals surface area contributed by atoms with Crippen LogP contribution in [0.15, 0.2) is 95.9 Å². The topological polar surface area (TPSA) is 188 Å². The fourth-order valence-corrected chi connectivity index (χ4v) is 9.93. The molecule has 3 aliphatic rings. The molecule has 4 aromatic carbocycles. The van der Waals surface area contributed by atoms with Gasteiger partial charge in [-0.1, -0.05) is 82.5 Å². The molecule has 3 heterocycles. The number of aromatic nitrogens is 2. The van der Waals surface area contributed by atoms with E-state index < -0.39 is 23.6 Å². The number of anilines is 2. The first-order valence-electron chi connectivity index (χ1n) is 25.5. The van der Waals surface area contributed by atoms with Crippen LogP contribution in [0.4, 0.5) is 11.4 Å². The van der Waals surface area contributed by atoms with Crippen molar-refractivity contribution in [2.45, 2.75) is 103 Å². The van der Waals surface area contributed by atoms with Crippen LogP contribution in [0.3, 0.4) is 0 Å². The summed E-state index contributed by atoms with van der Waals surface area (Å²) in [6.45, 7) is 12.1. The molecule has 0 bridgehead atoms. The number of nitrogens with zero attached hydrogens (tertiary/aromatic N) is 5. The number of carbonyl (C=O) groups is 7. The summed E-state index contributed by atoms with van der Waals surface area (Å²) in [4.78, 5) is 114. The molecule has 0 radical (unpaired) electrons. The maximum Gasteiger partial charge on any atom is 0.272 e. The lowest BCUT2D eigenvalue weighted by atomic mass is 9.86. The van der Waals surface area contributed by atoms with Crippen LogP contribution in [0.25, 0.3) is 11.3 Å². The highest BCUT2D eigenvalue weighted by molar-refractivity contribution is 6.25. The van der Waals surface area contributed by atoms with Gasteiger partial charge in [0.25, 0.3) is 29.2 Å². The van der Waals surface area contributed by atoms with Crippen molar-refractivity contribution in [1.82, 2.24) is 24.3 Å². The summed E-state index contributed by atoms with van der Waals surface area (Å²) >= 11 is 0. The highest BCUT2D eigenvalue weighted by Gasteiger charge is 2.45. The zero-order valence-corrected chi connectivity index (χ0v) is 42.6. The van der Waals surface area contributed by atoms with E-state index >= 15 is 0 Å². The molecule has 0 spiro atoms. The SMILES string of the molecule is Cc1c(NC(=O)c2ccc(C(C)(C)C)cc2)cccc1-c1cn(C)c(=O)c(Cc2ccc(C(=O)N3CCN(CCCCCCCC(=O)CNc4cccc5c4C(=O)N(C4CCC(=O)CC4=O)C5=O)CC3)cc2)n1. The summed E-state index contributed by atoms with van der Waals surface area (Å²) < 4.78 is 1.53. The molecule has 4 amide bonds. The largest absolute Gasteiger partial charge is 0.377 e. The monoisotopic (exact) mass is 987 g/mol. The van der Waals surface area contributed by atoms with Gasteiger partial charge in [-0.25, -0.2) is 4.98 Å². The zero-order valence-electron chi connectivity index (χ0n) is 42.6. The fourth-order valence-electron chi connectivity index (χ4n) is 9.93. The molecule has 15 nitrogen and oxygen atoms in total. The Balaban J connectivity index is 0.739. The van der Waals surface area contributed by atoms with Crippen molar-refractivity contribution < 1.29 is 33.6 Å². The molecular weight excluding hydrogens is 923 g/mol. The lowest BCUT2D eigenvalue weighted by molar-refractivity contribution is -0.132. The predicted molar refractivity (Wildman–Crippen MR) is 280 cm³/mol. The van der Waals surface area contributed by atoms with Crippen molar-refractivity contribution in [2.24, 2.45) is 7.05 Å². The molecule has 2 N–H and O–H groups in total. The molecule has 73 heavy (non-hydrogen) atoms. The first kappa shape index (κ1) is 51.9. The number of amides is 4. The summed E-state index contributed by atoms with van der Waals surface area (Å²) in [5.41, 5.74) is 6.93. The van der Waals surface area contributed by atoms with Gasteiger partial charge in [0.1, 0.15) is 11.5 Å². The Bertz CT molecular complexity index is 3000. The van der Waals surface area contributed by atoms with Gasteiger partial charge in [-0.2, -0.15) is 0 Å². The number of aryl methyl sites for hydroxylation is 1.